The minimum absolute atomic E-state index is 0.00829. The zero-order chi connectivity index (χ0) is 13.4. The van der Waals surface area contributed by atoms with Crippen LogP contribution in [0.15, 0.2) is 40.4 Å². The molecule has 96 valence electrons. The molecule has 0 N–H and O–H groups in total. The van der Waals surface area contributed by atoms with Crippen molar-refractivity contribution in [3.63, 3.8) is 0 Å². The zero-order valence-corrected chi connectivity index (χ0v) is 12.8. The van der Waals surface area contributed by atoms with Crippen molar-refractivity contribution in [3.8, 4) is 0 Å². The quantitative estimate of drug-likeness (QED) is 0.659. The average Bonchev–Trinajstić information content (AvgIpc) is 2.88. The van der Waals surface area contributed by atoms with Crippen molar-refractivity contribution >= 4 is 49.6 Å². The summed E-state index contributed by atoms with van der Waals surface area (Å²) < 4.78 is 2.72. The smallest absolute Gasteiger partial charge is 0.193 e. The van der Waals surface area contributed by atoms with E-state index in [1.165, 1.54) is 0 Å². The van der Waals surface area contributed by atoms with Crippen LogP contribution in [0.1, 0.15) is 16.1 Å². The van der Waals surface area contributed by atoms with Crippen LogP contribution in [0.2, 0.25) is 5.02 Å². The highest BCUT2D eigenvalue weighted by Crippen LogP contribution is 2.21. The minimum atomic E-state index is 0.00829. The standard InChI is InChI=1S/C13H8BrClN2OS/c14-9-3-8(4-10(15)5-9)12(18)6-11-7-17-1-2-19-13(17)16-11/h1-5,7H,6H2. The number of benzene rings is 1. The lowest BCUT2D eigenvalue weighted by Crippen LogP contribution is -2.03. The van der Waals surface area contributed by atoms with Crippen LogP contribution in [0.5, 0.6) is 0 Å². The molecule has 6 heteroatoms. The van der Waals surface area contributed by atoms with Gasteiger partial charge in [-0.1, -0.05) is 27.5 Å². The predicted molar refractivity (Wildman–Crippen MR) is 80.3 cm³/mol. The van der Waals surface area contributed by atoms with Gasteiger partial charge >= 0.3 is 0 Å². The molecule has 0 atom stereocenters. The molecule has 0 aliphatic heterocycles. The van der Waals surface area contributed by atoms with Crippen molar-refractivity contribution in [1.82, 2.24) is 9.38 Å². The van der Waals surface area contributed by atoms with Crippen molar-refractivity contribution in [1.29, 1.82) is 0 Å². The molecule has 0 unspecified atom stereocenters. The second kappa shape index (κ2) is 5.07. The summed E-state index contributed by atoms with van der Waals surface area (Å²) in [5, 5.41) is 2.51. The number of thiazole rings is 1. The Balaban J connectivity index is 1.86. The van der Waals surface area contributed by atoms with Crippen LogP contribution in [0.25, 0.3) is 4.96 Å². The molecule has 19 heavy (non-hydrogen) atoms. The normalized spacial score (nSPS) is 11.1. The first-order chi connectivity index (χ1) is 9.11. The molecule has 0 fully saturated rings. The summed E-state index contributed by atoms with van der Waals surface area (Å²) in [5.41, 5.74) is 1.36. The van der Waals surface area contributed by atoms with Crippen LogP contribution < -0.4 is 0 Å². The first kappa shape index (κ1) is 12.8. The Kier molecular flexibility index (Phi) is 3.43. The Morgan fingerprint density at radius 3 is 3.00 bits per heavy atom. The lowest BCUT2D eigenvalue weighted by molar-refractivity contribution is 0.0992. The molecule has 0 aliphatic rings. The second-order valence-corrected chi connectivity index (χ2v) is 6.31. The molecule has 0 saturated carbocycles. The third-order valence-electron chi connectivity index (χ3n) is 2.67. The fraction of sp³-hybridized carbons (Fsp3) is 0.0769. The molecule has 0 amide bonds. The van der Waals surface area contributed by atoms with E-state index in [4.69, 9.17) is 11.6 Å². The molecule has 2 aromatic heterocycles. The van der Waals surface area contributed by atoms with Gasteiger partial charge in [-0.3, -0.25) is 9.20 Å². The van der Waals surface area contributed by atoms with Gasteiger partial charge in [-0.15, -0.1) is 11.3 Å². The highest BCUT2D eigenvalue weighted by atomic mass is 79.9. The number of fused-ring (bicyclic) bond motifs is 1. The van der Waals surface area contributed by atoms with E-state index >= 15 is 0 Å². The Morgan fingerprint density at radius 2 is 2.26 bits per heavy atom. The Labute approximate surface area is 127 Å². The Hall–Kier alpha value is -1.17. The number of aromatic nitrogens is 2. The number of imidazole rings is 1. The molecular weight excluding hydrogens is 348 g/mol. The van der Waals surface area contributed by atoms with Crippen LogP contribution in [-0.4, -0.2) is 15.2 Å². The maximum Gasteiger partial charge on any atom is 0.193 e. The number of Topliss-reactive ketones (excluding diaryl/α,β-unsaturated/α-hetero) is 1. The van der Waals surface area contributed by atoms with Gasteiger partial charge in [0.15, 0.2) is 10.7 Å². The van der Waals surface area contributed by atoms with Gasteiger partial charge in [0.05, 0.1) is 12.1 Å². The summed E-state index contributed by atoms with van der Waals surface area (Å²) in [6.07, 6.45) is 4.08. The maximum absolute atomic E-state index is 12.2. The van der Waals surface area contributed by atoms with Gasteiger partial charge in [-0.05, 0) is 18.2 Å². The van der Waals surface area contributed by atoms with Crippen molar-refractivity contribution < 1.29 is 4.79 Å². The SMILES string of the molecule is O=C(Cc1cn2ccsc2n1)c1cc(Cl)cc(Br)c1. The highest BCUT2D eigenvalue weighted by Gasteiger charge is 2.12. The predicted octanol–water partition coefficient (Wildman–Crippen LogP) is 4.24. The number of nitrogens with zero attached hydrogens (tertiary/aromatic N) is 2. The largest absolute Gasteiger partial charge is 0.297 e. The van der Waals surface area contributed by atoms with Gasteiger partial charge in [-0.25, -0.2) is 4.98 Å². The fourth-order valence-electron chi connectivity index (χ4n) is 1.84. The lowest BCUT2D eigenvalue weighted by atomic mass is 10.1. The number of ketones is 1. The van der Waals surface area contributed by atoms with E-state index in [9.17, 15) is 4.79 Å². The first-order valence-electron chi connectivity index (χ1n) is 5.52. The molecule has 3 aromatic rings. The molecule has 3 rings (SSSR count). The van der Waals surface area contributed by atoms with Gasteiger partial charge < -0.3 is 0 Å². The van der Waals surface area contributed by atoms with Crippen LogP contribution in [-0.2, 0) is 6.42 Å². The number of carbonyl (C=O) groups excluding carboxylic acids is 1. The topological polar surface area (TPSA) is 34.4 Å². The van der Waals surface area contributed by atoms with Crippen molar-refractivity contribution in [2.24, 2.45) is 0 Å². The summed E-state index contributed by atoms with van der Waals surface area (Å²) in [6, 6.07) is 5.20. The molecule has 0 aliphatic carbocycles. The van der Waals surface area contributed by atoms with E-state index in [1.54, 1.807) is 29.5 Å². The first-order valence-corrected chi connectivity index (χ1v) is 7.57. The lowest BCUT2D eigenvalue weighted by Gasteiger charge is -2.01. The van der Waals surface area contributed by atoms with Gasteiger partial charge in [0.1, 0.15) is 0 Å². The van der Waals surface area contributed by atoms with Crippen LogP contribution >= 0.6 is 38.9 Å². The molecular formula is C13H8BrClN2OS. The molecule has 0 radical (unpaired) electrons. The summed E-state index contributed by atoms with van der Waals surface area (Å²) in [6.45, 7) is 0. The molecule has 3 nitrogen and oxygen atoms in total. The van der Waals surface area contributed by atoms with E-state index in [0.717, 1.165) is 15.1 Å². The number of halogens is 2. The van der Waals surface area contributed by atoms with Crippen molar-refractivity contribution in [3.05, 3.63) is 56.7 Å². The summed E-state index contributed by atoms with van der Waals surface area (Å²) in [7, 11) is 0. The third kappa shape index (κ3) is 2.73. The Morgan fingerprint density at radius 1 is 1.42 bits per heavy atom. The number of hydrogen-bond acceptors (Lipinski definition) is 3. The third-order valence-corrected chi connectivity index (χ3v) is 4.12. The van der Waals surface area contributed by atoms with Gasteiger partial charge in [0, 0.05) is 32.8 Å². The number of rotatable bonds is 3. The van der Waals surface area contributed by atoms with Crippen LogP contribution in [0.4, 0.5) is 0 Å². The van der Waals surface area contributed by atoms with E-state index in [1.807, 2.05) is 22.2 Å². The zero-order valence-electron chi connectivity index (χ0n) is 9.64. The van der Waals surface area contributed by atoms with E-state index < -0.39 is 0 Å². The van der Waals surface area contributed by atoms with E-state index in [2.05, 4.69) is 20.9 Å². The second-order valence-electron chi connectivity index (χ2n) is 4.08. The molecule has 2 heterocycles. The number of hydrogen-bond donors (Lipinski definition) is 0. The minimum Gasteiger partial charge on any atom is -0.297 e. The van der Waals surface area contributed by atoms with Gasteiger partial charge in [0.2, 0.25) is 0 Å². The van der Waals surface area contributed by atoms with Gasteiger partial charge in [-0.2, -0.15) is 0 Å². The maximum atomic E-state index is 12.2. The van der Waals surface area contributed by atoms with Crippen LogP contribution in [0.3, 0.4) is 0 Å². The summed E-state index contributed by atoms with van der Waals surface area (Å²) in [5.74, 6) is 0.00829. The highest BCUT2D eigenvalue weighted by molar-refractivity contribution is 9.10. The summed E-state index contributed by atoms with van der Waals surface area (Å²) in [4.78, 5) is 17.5. The summed E-state index contributed by atoms with van der Waals surface area (Å²) >= 11 is 10.8. The Bertz CT molecular complexity index is 716. The molecule has 1 aromatic carbocycles. The van der Waals surface area contributed by atoms with Crippen LogP contribution in [0, 0.1) is 0 Å². The molecule has 0 bridgehead atoms. The van der Waals surface area contributed by atoms with Crippen molar-refractivity contribution in [2.75, 3.05) is 0 Å². The molecule has 0 spiro atoms. The average molecular weight is 356 g/mol. The van der Waals surface area contributed by atoms with Crippen molar-refractivity contribution in [2.45, 2.75) is 6.42 Å². The fourth-order valence-corrected chi connectivity index (χ4v) is 3.42. The van der Waals surface area contributed by atoms with E-state index in [0.29, 0.717) is 10.6 Å². The number of carbonyl (C=O) groups is 1. The monoisotopic (exact) mass is 354 g/mol. The van der Waals surface area contributed by atoms with E-state index in [-0.39, 0.29) is 12.2 Å². The van der Waals surface area contributed by atoms with Gasteiger partial charge in [0.25, 0.3) is 0 Å². The molecule has 0 saturated heterocycles.